The minimum atomic E-state index is -0.203. The summed E-state index contributed by atoms with van der Waals surface area (Å²) in [5, 5.41) is 14.5. The summed E-state index contributed by atoms with van der Waals surface area (Å²) >= 11 is 5.72. The Balaban J connectivity index is 1.63. The van der Waals surface area contributed by atoms with Crippen molar-refractivity contribution >= 4 is 23.0 Å². The highest BCUT2D eigenvalue weighted by atomic mass is 32.1. The molecule has 0 bridgehead atoms. The van der Waals surface area contributed by atoms with Crippen molar-refractivity contribution in [1.82, 2.24) is 14.9 Å². The van der Waals surface area contributed by atoms with Crippen LogP contribution >= 0.6 is 12.2 Å². The van der Waals surface area contributed by atoms with E-state index in [4.69, 9.17) is 16.6 Å². The van der Waals surface area contributed by atoms with Gasteiger partial charge in [-0.2, -0.15) is 0 Å². The van der Waals surface area contributed by atoms with Gasteiger partial charge in [0.1, 0.15) is 17.6 Å². The van der Waals surface area contributed by atoms with Crippen LogP contribution in [0.4, 0.5) is 5.69 Å². The van der Waals surface area contributed by atoms with E-state index in [0.717, 1.165) is 17.1 Å². The number of nitrogens with zero attached hydrogens (tertiary/aromatic N) is 3. The SMILES string of the molecule is Oc1ccccc1N1C(=S)N[C@@H](c2ccccn2)[C@H]1c1cccn1Cc1ccco1. The van der Waals surface area contributed by atoms with Crippen LogP contribution in [0.5, 0.6) is 5.75 Å². The normalized spacial score (nSPS) is 18.5. The van der Waals surface area contributed by atoms with Crippen LogP contribution in [0, 0.1) is 0 Å². The van der Waals surface area contributed by atoms with E-state index in [1.807, 2.05) is 59.6 Å². The van der Waals surface area contributed by atoms with Crippen LogP contribution in [-0.2, 0) is 6.54 Å². The van der Waals surface area contributed by atoms with Crippen molar-refractivity contribution in [2.45, 2.75) is 18.6 Å². The van der Waals surface area contributed by atoms with Gasteiger partial charge in [0.2, 0.25) is 0 Å². The van der Waals surface area contributed by atoms with Gasteiger partial charge < -0.3 is 24.3 Å². The number of furan rings is 1. The molecule has 150 valence electrons. The van der Waals surface area contributed by atoms with Crippen LogP contribution < -0.4 is 10.2 Å². The maximum Gasteiger partial charge on any atom is 0.174 e. The summed E-state index contributed by atoms with van der Waals surface area (Å²) in [5.41, 5.74) is 2.58. The van der Waals surface area contributed by atoms with Gasteiger partial charge in [0.15, 0.2) is 5.11 Å². The Bertz CT molecular complexity index is 1160. The molecule has 1 fully saturated rings. The van der Waals surface area contributed by atoms with Crippen LogP contribution in [0.25, 0.3) is 0 Å². The van der Waals surface area contributed by atoms with E-state index in [-0.39, 0.29) is 17.8 Å². The number of phenols is 1. The number of nitrogens with one attached hydrogen (secondary N) is 1. The van der Waals surface area contributed by atoms with Crippen molar-refractivity contribution in [2.24, 2.45) is 0 Å². The molecule has 1 aliphatic heterocycles. The number of hydrogen-bond acceptors (Lipinski definition) is 4. The molecule has 0 radical (unpaired) electrons. The quantitative estimate of drug-likeness (QED) is 0.470. The second-order valence-corrected chi connectivity index (χ2v) is 7.51. The molecule has 0 unspecified atom stereocenters. The molecule has 4 aromatic rings. The minimum Gasteiger partial charge on any atom is -0.506 e. The number of anilines is 1. The first-order valence-electron chi connectivity index (χ1n) is 9.68. The summed E-state index contributed by atoms with van der Waals surface area (Å²) < 4.78 is 7.70. The molecule has 1 aromatic carbocycles. The predicted octanol–water partition coefficient (Wildman–Crippen LogP) is 4.41. The Morgan fingerprint density at radius 2 is 1.90 bits per heavy atom. The van der Waals surface area contributed by atoms with Gasteiger partial charge in [-0.15, -0.1) is 0 Å². The third-order valence-corrected chi connectivity index (χ3v) is 5.63. The maximum atomic E-state index is 10.6. The van der Waals surface area contributed by atoms with E-state index in [0.29, 0.717) is 17.3 Å². The Morgan fingerprint density at radius 3 is 2.67 bits per heavy atom. The van der Waals surface area contributed by atoms with E-state index in [1.54, 1.807) is 24.6 Å². The Hall–Kier alpha value is -3.58. The number of benzene rings is 1. The molecule has 2 N–H and O–H groups in total. The Kier molecular flexibility index (Phi) is 4.72. The van der Waals surface area contributed by atoms with Gasteiger partial charge >= 0.3 is 0 Å². The van der Waals surface area contributed by atoms with E-state index < -0.39 is 0 Å². The fraction of sp³-hybridized carbons (Fsp3) is 0.130. The molecule has 30 heavy (non-hydrogen) atoms. The van der Waals surface area contributed by atoms with Crippen molar-refractivity contribution in [2.75, 3.05) is 4.90 Å². The highest BCUT2D eigenvalue weighted by Crippen LogP contribution is 2.44. The average molecular weight is 417 g/mol. The second kappa shape index (κ2) is 7.68. The highest BCUT2D eigenvalue weighted by Gasteiger charge is 2.42. The molecule has 0 saturated carbocycles. The van der Waals surface area contributed by atoms with E-state index in [2.05, 4.69) is 20.9 Å². The second-order valence-electron chi connectivity index (χ2n) is 7.13. The molecule has 4 heterocycles. The lowest BCUT2D eigenvalue weighted by Crippen LogP contribution is -2.30. The Morgan fingerprint density at radius 1 is 1.03 bits per heavy atom. The van der Waals surface area contributed by atoms with Crippen molar-refractivity contribution in [3.63, 3.8) is 0 Å². The lowest BCUT2D eigenvalue weighted by molar-refractivity contribution is 0.465. The van der Waals surface area contributed by atoms with Crippen molar-refractivity contribution in [3.8, 4) is 5.75 Å². The van der Waals surface area contributed by atoms with Crippen LogP contribution in [-0.4, -0.2) is 19.8 Å². The van der Waals surface area contributed by atoms with Gasteiger partial charge in [-0.25, -0.2) is 0 Å². The first-order valence-corrected chi connectivity index (χ1v) is 10.1. The first-order chi connectivity index (χ1) is 14.7. The van der Waals surface area contributed by atoms with Gasteiger partial charge in [0.05, 0.1) is 30.2 Å². The molecule has 0 spiro atoms. The zero-order valence-corrected chi connectivity index (χ0v) is 16.9. The molecule has 1 saturated heterocycles. The minimum absolute atomic E-state index is 0.177. The number of rotatable bonds is 5. The number of aromatic hydroxyl groups is 1. The van der Waals surface area contributed by atoms with Gasteiger partial charge in [0, 0.05) is 18.1 Å². The summed E-state index contributed by atoms with van der Waals surface area (Å²) in [6, 6.07) is 20.6. The lowest BCUT2D eigenvalue weighted by Gasteiger charge is -2.29. The average Bonchev–Trinajstić information content (AvgIpc) is 3.50. The Labute approximate surface area is 179 Å². The molecule has 2 atom stereocenters. The number of thiocarbonyl (C=S) groups is 1. The molecule has 6 nitrogen and oxygen atoms in total. The van der Waals surface area contributed by atoms with Crippen LogP contribution in [0.15, 0.2) is 89.8 Å². The van der Waals surface area contributed by atoms with Gasteiger partial charge in [0.25, 0.3) is 0 Å². The molecule has 1 aliphatic rings. The number of phenolic OH excluding ortho intramolecular Hbond substituents is 1. The zero-order chi connectivity index (χ0) is 20.5. The van der Waals surface area contributed by atoms with Crippen LogP contribution in [0.3, 0.4) is 0 Å². The topological polar surface area (TPSA) is 66.5 Å². The highest BCUT2D eigenvalue weighted by molar-refractivity contribution is 7.80. The summed E-state index contributed by atoms with van der Waals surface area (Å²) in [6.45, 7) is 0.599. The van der Waals surface area contributed by atoms with Gasteiger partial charge in [-0.1, -0.05) is 18.2 Å². The van der Waals surface area contributed by atoms with Gasteiger partial charge in [-0.3, -0.25) is 4.98 Å². The summed E-state index contributed by atoms with van der Waals surface area (Å²) in [4.78, 5) is 6.54. The smallest absolute Gasteiger partial charge is 0.174 e. The third-order valence-electron chi connectivity index (χ3n) is 5.31. The lowest BCUT2D eigenvalue weighted by atomic mass is 10.0. The van der Waals surface area contributed by atoms with Crippen molar-refractivity contribution in [1.29, 1.82) is 0 Å². The van der Waals surface area contributed by atoms with E-state index in [9.17, 15) is 5.11 Å². The monoisotopic (exact) mass is 416 g/mol. The third kappa shape index (κ3) is 3.23. The first kappa shape index (κ1) is 18.4. The largest absolute Gasteiger partial charge is 0.506 e. The molecular formula is C23H20N4O2S. The van der Waals surface area contributed by atoms with Crippen LogP contribution in [0.1, 0.15) is 29.2 Å². The molecule has 0 amide bonds. The fourth-order valence-corrected chi connectivity index (χ4v) is 4.33. The summed E-state index contributed by atoms with van der Waals surface area (Å²) in [6.07, 6.45) is 5.48. The fourth-order valence-electron chi connectivity index (χ4n) is 3.99. The molecule has 3 aromatic heterocycles. The standard InChI is InChI=1S/C23H20N4O2S/c28-20-11-2-1-9-18(20)27-22(21(25-23(27)30)17-8-3-4-12-24-17)19-10-5-13-26(19)15-16-7-6-14-29-16/h1-14,21-22,28H,15H2,(H,25,30)/t21-,22+/m0/s1. The van der Waals surface area contributed by atoms with Crippen molar-refractivity contribution < 1.29 is 9.52 Å². The zero-order valence-electron chi connectivity index (χ0n) is 16.1. The molecular weight excluding hydrogens is 396 g/mol. The van der Waals surface area contributed by atoms with E-state index in [1.165, 1.54) is 0 Å². The number of aromatic nitrogens is 2. The summed E-state index contributed by atoms with van der Waals surface area (Å²) in [7, 11) is 0. The summed E-state index contributed by atoms with van der Waals surface area (Å²) in [5.74, 6) is 1.04. The van der Waals surface area contributed by atoms with Crippen molar-refractivity contribution in [3.05, 3.63) is 103 Å². The molecule has 7 heteroatoms. The number of pyridine rings is 1. The number of para-hydroxylation sites is 2. The molecule has 5 rings (SSSR count). The number of hydrogen-bond donors (Lipinski definition) is 2. The van der Waals surface area contributed by atoms with Crippen LogP contribution in [0.2, 0.25) is 0 Å². The maximum absolute atomic E-state index is 10.6. The van der Waals surface area contributed by atoms with E-state index >= 15 is 0 Å². The molecule has 0 aliphatic carbocycles. The van der Waals surface area contributed by atoms with Gasteiger partial charge in [-0.05, 0) is 60.7 Å². The predicted molar refractivity (Wildman–Crippen MR) is 118 cm³/mol.